The van der Waals surface area contributed by atoms with Crippen LogP contribution in [0.1, 0.15) is 98.3 Å². The van der Waals surface area contributed by atoms with Gasteiger partial charge in [-0.25, -0.2) is 0 Å². The summed E-state index contributed by atoms with van der Waals surface area (Å²) in [4.78, 5) is 12.1. The van der Waals surface area contributed by atoms with Gasteiger partial charge in [0.05, 0.1) is 0 Å². The monoisotopic (exact) mass is 418 g/mol. The molecule has 4 saturated carbocycles. The molecule has 0 aliphatic heterocycles. The molecule has 0 aromatic carbocycles. The maximum Gasteiger partial charge on any atom is 0.157 e. The van der Waals surface area contributed by atoms with Gasteiger partial charge in [-0.2, -0.15) is 0 Å². The van der Waals surface area contributed by atoms with E-state index in [1.807, 2.05) is 6.92 Å². The number of fused-ring (bicyclic) bond motifs is 5. The number of halogens is 1. The van der Waals surface area contributed by atoms with Crippen LogP contribution in [0.3, 0.4) is 0 Å². The predicted molar refractivity (Wildman–Crippen MR) is 123 cm³/mol. The molecule has 0 N–H and O–H groups in total. The van der Waals surface area contributed by atoms with E-state index in [0.717, 1.165) is 41.6 Å². The van der Waals surface area contributed by atoms with Gasteiger partial charge in [-0.05, 0) is 117 Å². The molecule has 0 aromatic heterocycles. The lowest BCUT2D eigenvalue weighted by atomic mass is 9.44. The van der Waals surface area contributed by atoms with Gasteiger partial charge in [0.25, 0.3) is 0 Å². The molecule has 1 nitrogen and oxygen atoms in total. The average molecular weight is 419 g/mol. The highest BCUT2D eigenvalue weighted by Gasteiger charge is 2.61. The molecule has 4 aliphatic rings. The molecule has 0 spiro atoms. The lowest BCUT2D eigenvalue weighted by molar-refractivity contribution is -0.117. The van der Waals surface area contributed by atoms with Crippen LogP contribution in [0.5, 0.6) is 0 Å². The molecule has 0 saturated heterocycles. The van der Waals surface area contributed by atoms with Crippen LogP contribution in [0.2, 0.25) is 0 Å². The van der Waals surface area contributed by atoms with E-state index in [4.69, 9.17) is 11.6 Å². The van der Waals surface area contributed by atoms with Gasteiger partial charge in [-0.1, -0.05) is 33.8 Å². The molecule has 2 unspecified atom stereocenters. The Labute approximate surface area is 184 Å². The fourth-order valence-corrected chi connectivity index (χ4v) is 9.65. The number of hydrogen-bond donors (Lipinski definition) is 0. The first-order chi connectivity index (χ1) is 13.7. The highest BCUT2D eigenvalue weighted by atomic mass is 35.5. The number of carbonyl (C=O) groups is 1. The van der Waals surface area contributed by atoms with Crippen LogP contribution in [0.25, 0.3) is 0 Å². The van der Waals surface area contributed by atoms with Crippen LogP contribution < -0.4 is 0 Å². The van der Waals surface area contributed by atoms with Gasteiger partial charge >= 0.3 is 0 Å². The first-order valence-electron chi connectivity index (χ1n) is 12.5. The van der Waals surface area contributed by atoms with Gasteiger partial charge in [0.1, 0.15) is 0 Å². The van der Waals surface area contributed by atoms with Crippen LogP contribution in [0.15, 0.2) is 12.2 Å². The maximum absolute atomic E-state index is 12.1. The Hall–Kier alpha value is -0.300. The van der Waals surface area contributed by atoms with E-state index in [9.17, 15) is 4.79 Å². The van der Waals surface area contributed by atoms with Crippen LogP contribution in [-0.2, 0) is 4.79 Å². The Balaban J connectivity index is 1.48. The minimum absolute atomic E-state index is 0.263. The summed E-state index contributed by atoms with van der Waals surface area (Å²) in [5, 5.41) is 0.421. The van der Waals surface area contributed by atoms with E-state index in [0.29, 0.717) is 28.5 Å². The molecule has 0 heterocycles. The number of ketones is 1. The normalized spacial score (nSPS) is 47.6. The molecule has 2 heteroatoms. The summed E-state index contributed by atoms with van der Waals surface area (Å²) < 4.78 is 0. The molecule has 164 valence electrons. The third-order valence-electron chi connectivity index (χ3n) is 10.6. The zero-order valence-corrected chi connectivity index (χ0v) is 20.1. The van der Waals surface area contributed by atoms with Gasteiger partial charge in [-0.3, -0.25) is 4.79 Å². The Bertz CT molecular complexity index is 655. The summed E-state index contributed by atoms with van der Waals surface area (Å²) in [7, 11) is 0. The first-order valence-corrected chi connectivity index (χ1v) is 12.9. The summed E-state index contributed by atoms with van der Waals surface area (Å²) >= 11 is 6.86. The standard InChI is InChI=1S/C27H43ClO/c1-17(2)25(29)13-8-18(3)20-11-12-21-19-9-10-23-24(28)7-6-15-26(23,4)22(19)14-16-27(20,21)5/h18-24H,1,6-16H2,2-5H3/t18-,19+,20-,21+,22+,23?,24?,26-,27-/m1/s1. The molecule has 4 rings (SSSR count). The Kier molecular flexibility index (Phi) is 6.04. The van der Waals surface area contributed by atoms with Crippen molar-refractivity contribution < 1.29 is 4.79 Å². The molecule has 0 aromatic rings. The molecule has 9 atom stereocenters. The number of carbonyl (C=O) groups excluding carboxylic acids is 1. The highest BCUT2D eigenvalue weighted by Crippen LogP contribution is 2.68. The lowest BCUT2D eigenvalue weighted by Gasteiger charge is -2.61. The third kappa shape index (κ3) is 3.56. The van der Waals surface area contributed by atoms with Crippen molar-refractivity contribution in [1.29, 1.82) is 0 Å². The van der Waals surface area contributed by atoms with Crippen molar-refractivity contribution in [2.24, 2.45) is 46.3 Å². The van der Waals surface area contributed by atoms with Crippen molar-refractivity contribution >= 4 is 17.4 Å². The van der Waals surface area contributed by atoms with Crippen molar-refractivity contribution in [3.8, 4) is 0 Å². The van der Waals surface area contributed by atoms with Crippen molar-refractivity contribution in [2.45, 2.75) is 104 Å². The van der Waals surface area contributed by atoms with E-state index < -0.39 is 0 Å². The highest BCUT2D eigenvalue weighted by molar-refractivity contribution is 6.20. The minimum Gasteiger partial charge on any atom is -0.295 e. The molecule has 4 aliphatic carbocycles. The largest absolute Gasteiger partial charge is 0.295 e. The van der Waals surface area contributed by atoms with Gasteiger partial charge in [0, 0.05) is 11.8 Å². The third-order valence-corrected chi connectivity index (χ3v) is 11.2. The second-order valence-corrected chi connectivity index (χ2v) is 12.5. The second kappa shape index (κ2) is 7.99. The Morgan fingerprint density at radius 2 is 1.69 bits per heavy atom. The first kappa shape index (κ1) is 21.9. The minimum atomic E-state index is 0.263. The molecule has 4 fully saturated rings. The van der Waals surface area contributed by atoms with Gasteiger partial charge in [-0.15, -0.1) is 11.6 Å². The zero-order chi connectivity index (χ0) is 21.0. The number of hydrogen-bond acceptors (Lipinski definition) is 1. The van der Waals surface area contributed by atoms with Crippen LogP contribution >= 0.6 is 11.6 Å². The summed E-state index contributed by atoms with van der Waals surface area (Å²) in [6.45, 7) is 13.4. The fourth-order valence-electron chi connectivity index (χ4n) is 9.08. The van der Waals surface area contributed by atoms with E-state index >= 15 is 0 Å². The smallest absolute Gasteiger partial charge is 0.157 e. The SMILES string of the molecule is C=C(C)C(=O)CC[C@@H](C)[C@H]1CC[C@H]2[C@@H]3CCC4C(Cl)CCC[C@]4(C)[C@H]3CC[C@]12C. The number of rotatable bonds is 5. The van der Waals surface area contributed by atoms with Gasteiger partial charge in [0.2, 0.25) is 0 Å². The molecule has 0 radical (unpaired) electrons. The average Bonchev–Trinajstić information content (AvgIpc) is 3.03. The fraction of sp³-hybridized carbons (Fsp3) is 0.889. The van der Waals surface area contributed by atoms with Crippen LogP contribution in [0.4, 0.5) is 0 Å². The number of alkyl halides is 1. The van der Waals surface area contributed by atoms with Gasteiger partial charge in [0.15, 0.2) is 5.78 Å². The summed E-state index contributed by atoms with van der Waals surface area (Å²) in [6.07, 6.45) is 14.1. The second-order valence-electron chi connectivity index (χ2n) is 11.9. The van der Waals surface area contributed by atoms with E-state index in [-0.39, 0.29) is 5.78 Å². The topological polar surface area (TPSA) is 17.1 Å². The van der Waals surface area contributed by atoms with Crippen molar-refractivity contribution in [3.63, 3.8) is 0 Å². The van der Waals surface area contributed by atoms with Crippen LogP contribution in [-0.4, -0.2) is 11.2 Å². The number of allylic oxidation sites excluding steroid dienone is 1. The van der Waals surface area contributed by atoms with Gasteiger partial charge < -0.3 is 0 Å². The molecular formula is C27H43ClO. The molecule has 0 amide bonds. The lowest BCUT2D eigenvalue weighted by Crippen LogP contribution is -2.55. The van der Waals surface area contributed by atoms with E-state index in [2.05, 4.69) is 27.4 Å². The summed E-state index contributed by atoms with van der Waals surface area (Å²) in [5.74, 6) is 5.19. The predicted octanol–water partition coefficient (Wildman–Crippen LogP) is 7.81. The maximum atomic E-state index is 12.1. The van der Waals surface area contributed by atoms with E-state index in [1.165, 1.54) is 57.8 Å². The quantitative estimate of drug-likeness (QED) is 0.328. The Morgan fingerprint density at radius 1 is 1.00 bits per heavy atom. The van der Waals surface area contributed by atoms with E-state index in [1.54, 1.807) is 0 Å². The molecular weight excluding hydrogens is 376 g/mol. The van der Waals surface area contributed by atoms with Crippen molar-refractivity contribution in [3.05, 3.63) is 12.2 Å². The van der Waals surface area contributed by atoms with Crippen molar-refractivity contribution in [2.75, 3.05) is 0 Å². The zero-order valence-electron chi connectivity index (χ0n) is 19.3. The van der Waals surface area contributed by atoms with Crippen LogP contribution in [0, 0.1) is 46.3 Å². The Morgan fingerprint density at radius 3 is 2.41 bits per heavy atom. The molecule has 0 bridgehead atoms. The summed E-state index contributed by atoms with van der Waals surface area (Å²) in [6, 6.07) is 0. The number of Topliss-reactive ketones (excluding diaryl/α,β-unsaturated/α-hetero) is 1. The summed E-state index contributed by atoms with van der Waals surface area (Å²) in [5.41, 5.74) is 1.71. The van der Waals surface area contributed by atoms with Crippen molar-refractivity contribution in [1.82, 2.24) is 0 Å². The molecule has 29 heavy (non-hydrogen) atoms.